The summed E-state index contributed by atoms with van der Waals surface area (Å²) in [5, 5.41) is 11.5. The molecule has 0 bridgehead atoms. The van der Waals surface area contributed by atoms with Crippen molar-refractivity contribution in [2.24, 2.45) is 0 Å². The summed E-state index contributed by atoms with van der Waals surface area (Å²) in [6.07, 6.45) is 0. The number of carbonyl (C=O) groups excluding carboxylic acids is 2. The average molecular weight is 416 g/mol. The molecule has 1 saturated heterocycles. The van der Waals surface area contributed by atoms with Crippen LogP contribution in [0.2, 0.25) is 5.02 Å². The van der Waals surface area contributed by atoms with Gasteiger partial charge in [-0.2, -0.15) is 0 Å². The number of halogens is 1. The molecule has 1 heterocycles. The van der Waals surface area contributed by atoms with Crippen LogP contribution >= 0.6 is 11.6 Å². The standard InChI is InChI=1S/C22H22ClNO5/c1-13-5-4-6-14(11-13)19-18(21(26)22(27)24(19)9-10-28-2)20(25)16-12-15(23)7-8-17(16)29-3/h4-8,11-12,19,25H,9-10H2,1-3H3/b20-18+. The molecule has 1 N–H and O–H groups in total. The number of hydrogen-bond acceptors (Lipinski definition) is 5. The predicted octanol–water partition coefficient (Wildman–Crippen LogP) is 3.73. The monoisotopic (exact) mass is 415 g/mol. The van der Waals surface area contributed by atoms with Crippen molar-refractivity contribution in [1.82, 2.24) is 4.90 Å². The molecular weight excluding hydrogens is 394 g/mol. The van der Waals surface area contributed by atoms with Crippen molar-refractivity contribution < 1.29 is 24.2 Å². The van der Waals surface area contributed by atoms with Crippen LogP contribution in [0.15, 0.2) is 48.0 Å². The Hall–Kier alpha value is -2.83. The zero-order chi connectivity index (χ0) is 21.1. The summed E-state index contributed by atoms with van der Waals surface area (Å²) in [6.45, 7) is 2.39. The van der Waals surface area contributed by atoms with E-state index in [1.165, 1.54) is 25.2 Å². The van der Waals surface area contributed by atoms with Crippen molar-refractivity contribution in [3.63, 3.8) is 0 Å². The fraction of sp³-hybridized carbons (Fsp3) is 0.273. The van der Waals surface area contributed by atoms with Crippen molar-refractivity contribution in [2.75, 3.05) is 27.4 Å². The molecule has 2 aromatic carbocycles. The second-order valence-corrected chi connectivity index (χ2v) is 7.18. The van der Waals surface area contributed by atoms with E-state index < -0.39 is 17.7 Å². The van der Waals surface area contributed by atoms with Crippen LogP contribution in [0.3, 0.4) is 0 Å². The van der Waals surface area contributed by atoms with Crippen molar-refractivity contribution in [3.8, 4) is 5.75 Å². The number of carbonyl (C=O) groups is 2. The van der Waals surface area contributed by atoms with Gasteiger partial charge in [-0.15, -0.1) is 0 Å². The Morgan fingerprint density at radius 2 is 1.93 bits per heavy atom. The van der Waals surface area contributed by atoms with Gasteiger partial charge in [-0.05, 0) is 30.7 Å². The number of amides is 1. The van der Waals surface area contributed by atoms with Gasteiger partial charge in [0.25, 0.3) is 11.7 Å². The molecule has 2 aromatic rings. The number of rotatable bonds is 6. The molecule has 0 radical (unpaired) electrons. The molecule has 1 aliphatic heterocycles. The van der Waals surface area contributed by atoms with Crippen LogP contribution in [0.25, 0.3) is 5.76 Å². The van der Waals surface area contributed by atoms with Crippen LogP contribution in [0, 0.1) is 6.92 Å². The summed E-state index contributed by atoms with van der Waals surface area (Å²) in [7, 11) is 2.98. The first kappa shape index (κ1) is 20.9. The van der Waals surface area contributed by atoms with Gasteiger partial charge in [0.15, 0.2) is 0 Å². The summed E-state index contributed by atoms with van der Waals surface area (Å²) < 4.78 is 10.4. The van der Waals surface area contributed by atoms with E-state index in [9.17, 15) is 14.7 Å². The van der Waals surface area contributed by atoms with Gasteiger partial charge in [0, 0.05) is 18.7 Å². The van der Waals surface area contributed by atoms with Gasteiger partial charge in [-0.1, -0.05) is 41.4 Å². The van der Waals surface area contributed by atoms with Crippen molar-refractivity contribution >= 4 is 29.1 Å². The van der Waals surface area contributed by atoms with Gasteiger partial charge in [0.05, 0.1) is 30.9 Å². The molecule has 3 rings (SSSR count). The Morgan fingerprint density at radius 1 is 1.17 bits per heavy atom. The lowest BCUT2D eigenvalue weighted by Crippen LogP contribution is -2.32. The maximum atomic E-state index is 12.9. The highest BCUT2D eigenvalue weighted by Crippen LogP contribution is 2.41. The average Bonchev–Trinajstić information content (AvgIpc) is 2.96. The Bertz CT molecular complexity index is 985. The number of aliphatic hydroxyl groups is 1. The van der Waals surface area contributed by atoms with Crippen LogP contribution in [0.1, 0.15) is 22.7 Å². The molecule has 29 heavy (non-hydrogen) atoms. The molecule has 1 aliphatic rings. The molecule has 1 fully saturated rings. The second-order valence-electron chi connectivity index (χ2n) is 6.74. The molecule has 1 amide bonds. The van der Waals surface area contributed by atoms with Crippen LogP contribution in [0.4, 0.5) is 0 Å². The first-order chi connectivity index (χ1) is 13.9. The normalized spacial score (nSPS) is 18.3. The van der Waals surface area contributed by atoms with Crippen molar-refractivity contribution in [1.29, 1.82) is 0 Å². The van der Waals surface area contributed by atoms with Crippen LogP contribution in [0.5, 0.6) is 5.75 Å². The summed E-state index contributed by atoms with van der Waals surface area (Å²) in [5.74, 6) is -1.42. The lowest BCUT2D eigenvalue weighted by atomic mass is 9.94. The van der Waals surface area contributed by atoms with Crippen molar-refractivity contribution in [3.05, 3.63) is 69.8 Å². The Labute approximate surface area is 174 Å². The third-order valence-corrected chi connectivity index (χ3v) is 5.09. The number of ether oxygens (including phenoxy) is 2. The minimum absolute atomic E-state index is 0.00253. The smallest absolute Gasteiger partial charge is 0.295 e. The maximum Gasteiger partial charge on any atom is 0.295 e. The lowest BCUT2D eigenvalue weighted by molar-refractivity contribution is -0.140. The SMILES string of the molecule is COCCN1C(=O)C(=O)/C(=C(/O)c2cc(Cl)ccc2OC)C1c1cccc(C)c1. The topological polar surface area (TPSA) is 76.1 Å². The van der Waals surface area contributed by atoms with E-state index in [0.717, 1.165) is 11.1 Å². The van der Waals surface area contributed by atoms with Gasteiger partial charge in [-0.3, -0.25) is 9.59 Å². The summed E-state index contributed by atoms with van der Waals surface area (Å²) in [6, 6.07) is 11.5. The van der Waals surface area contributed by atoms with E-state index in [-0.39, 0.29) is 30.0 Å². The number of Topliss-reactive ketones (excluding diaryl/α,β-unsaturated/α-hetero) is 1. The van der Waals surface area contributed by atoms with Crippen LogP contribution in [-0.2, 0) is 14.3 Å². The van der Waals surface area contributed by atoms with Gasteiger partial charge in [-0.25, -0.2) is 0 Å². The summed E-state index contributed by atoms with van der Waals surface area (Å²) >= 11 is 6.09. The van der Waals surface area contributed by atoms with Gasteiger partial charge >= 0.3 is 0 Å². The zero-order valence-electron chi connectivity index (χ0n) is 16.4. The second kappa shape index (κ2) is 8.68. The van der Waals surface area contributed by atoms with E-state index in [1.54, 1.807) is 12.1 Å². The maximum absolute atomic E-state index is 12.9. The zero-order valence-corrected chi connectivity index (χ0v) is 17.2. The fourth-order valence-corrected chi connectivity index (χ4v) is 3.67. The third-order valence-electron chi connectivity index (χ3n) is 4.85. The number of aliphatic hydroxyl groups excluding tert-OH is 1. The molecule has 0 saturated carbocycles. The summed E-state index contributed by atoms with van der Waals surface area (Å²) in [5.41, 5.74) is 1.95. The lowest BCUT2D eigenvalue weighted by Gasteiger charge is -2.25. The van der Waals surface area contributed by atoms with Gasteiger partial charge in [0.1, 0.15) is 11.5 Å². The number of ketones is 1. The molecule has 0 aliphatic carbocycles. The molecule has 1 unspecified atom stereocenters. The number of nitrogens with zero attached hydrogens (tertiary/aromatic N) is 1. The number of aryl methyl sites for hydroxylation is 1. The Kier molecular flexibility index (Phi) is 6.25. The summed E-state index contributed by atoms with van der Waals surface area (Å²) in [4.78, 5) is 27.1. The number of likely N-dealkylation sites (tertiary alicyclic amines) is 1. The van der Waals surface area contributed by atoms with Crippen LogP contribution in [-0.4, -0.2) is 49.1 Å². The highest BCUT2D eigenvalue weighted by molar-refractivity contribution is 6.46. The minimum atomic E-state index is -0.757. The molecule has 0 aromatic heterocycles. The number of hydrogen-bond donors (Lipinski definition) is 1. The molecule has 7 heteroatoms. The van der Waals surface area contributed by atoms with E-state index in [0.29, 0.717) is 10.8 Å². The van der Waals surface area contributed by atoms with Gasteiger partial charge in [0.2, 0.25) is 0 Å². The van der Waals surface area contributed by atoms with Gasteiger partial charge < -0.3 is 19.5 Å². The predicted molar refractivity (Wildman–Crippen MR) is 110 cm³/mol. The largest absolute Gasteiger partial charge is 0.507 e. The Morgan fingerprint density at radius 3 is 2.59 bits per heavy atom. The first-order valence-electron chi connectivity index (χ1n) is 9.06. The highest BCUT2D eigenvalue weighted by Gasteiger charge is 2.46. The van der Waals surface area contributed by atoms with Crippen LogP contribution < -0.4 is 4.74 Å². The quantitative estimate of drug-likeness (QED) is 0.442. The molecule has 1 atom stereocenters. The highest BCUT2D eigenvalue weighted by atomic mass is 35.5. The van der Waals surface area contributed by atoms with E-state index in [4.69, 9.17) is 21.1 Å². The third kappa shape index (κ3) is 3.99. The molecule has 6 nitrogen and oxygen atoms in total. The number of benzene rings is 2. The Balaban J connectivity index is 2.23. The van der Waals surface area contributed by atoms with Crippen molar-refractivity contribution in [2.45, 2.75) is 13.0 Å². The minimum Gasteiger partial charge on any atom is -0.507 e. The molecule has 152 valence electrons. The first-order valence-corrected chi connectivity index (χ1v) is 9.44. The van der Waals surface area contributed by atoms with E-state index in [2.05, 4.69) is 0 Å². The number of methoxy groups -OCH3 is 2. The molecule has 0 spiro atoms. The van der Waals surface area contributed by atoms with E-state index >= 15 is 0 Å². The fourth-order valence-electron chi connectivity index (χ4n) is 3.50. The molecular formula is C22H22ClNO5. The van der Waals surface area contributed by atoms with E-state index in [1.807, 2.05) is 31.2 Å².